The molecule has 0 radical (unpaired) electrons. The van der Waals surface area contributed by atoms with E-state index in [4.69, 9.17) is 5.73 Å². The Morgan fingerprint density at radius 3 is 2.57 bits per heavy atom. The molecule has 0 amide bonds. The van der Waals surface area contributed by atoms with Gasteiger partial charge in [-0.1, -0.05) is 25.8 Å². The third-order valence-electron chi connectivity index (χ3n) is 2.24. The summed E-state index contributed by atoms with van der Waals surface area (Å²) < 4.78 is 25.4. The van der Waals surface area contributed by atoms with Crippen LogP contribution in [-0.4, -0.2) is 0 Å². The van der Waals surface area contributed by atoms with Crippen molar-refractivity contribution in [2.24, 2.45) is 5.73 Å². The lowest BCUT2D eigenvalue weighted by molar-refractivity contribution is 0.503. The lowest BCUT2D eigenvalue weighted by Crippen LogP contribution is -2.10. The Morgan fingerprint density at radius 1 is 1.29 bits per heavy atom. The quantitative estimate of drug-likeness (QED) is 0.792. The number of rotatable bonds is 4. The molecule has 0 saturated carbocycles. The minimum atomic E-state index is -0.825. The van der Waals surface area contributed by atoms with Crippen molar-refractivity contribution in [2.75, 3.05) is 0 Å². The zero-order valence-electron chi connectivity index (χ0n) is 8.26. The normalized spacial score (nSPS) is 12.9. The summed E-state index contributed by atoms with van der Waals surface area (Å²) in [6.45, 7) is 2.07. The molecule has 1 aromatic rings. The van der Waals surface area contributed by atoms with Crippen molar-refractivity contribution in [3.63, 3.8) is 0 Å². The van der Waals surface area contributed by atoms with E-state index in [1.165, 1.54) is 6.07 Å². The first-order chi connectivity index (χ1) is 6.65. The van der Waals surface area contributed by atoms with E-state index in [1.54, 1.807) is 6.07 Å². The average molecular weight is 199 g/mol. The first-order valence-corrected chi connectivity index (χ1v) is 4.85. The Hall–Kier alpha value is -0.960. The Balaban J connectivity index is 2.70. The van der Waals surface area contributed by atoms with Crippen LogP contribution in [0.5, 0.6) is 0 Å². The summed E-state index contributed by atoms with van der Waals surface area (Å²) in [7, 11) is 0. The van der Waals surface area contributed by atoms with Crippen molar-refractivity contribution in [2.45, 2.75) is 32.2 Å². The van der Waals surface area contributed by atoms with Gasteiger partial charge >= 0.3 is 0 Å². The minimum Gasteiger partial charge on any atom is -0.324 e. The van der Waals surface area contributed by atoms with Crippen LogP contribution in [-0.2, 0) is 0 Å². The molecule has 1 atom stereocenters. The van der Waals surface area contributed by atoms with Gasteiger partial charge in [-0.2, -0.15) is 0 Å². The molecule has 0 bridgehead atoms. The number of benzene rings is 1. The Bertz CT molecular complexity index is 299. The van der Waals surface area contributed by atoms with Gasteiger partial charge in [-0.25, -0.2) is 8.78 Å². The third-order valence-corrected chi connectivity index (χ3v) is 2.24. The van der Waals surface area contributed by atoms with Crippen molar-refractivity contribution in [3.8, 4) is 0 Å². The molecule has 1 rings (SSSR count). The number of hydrogen-bond donors (Lipinski definition) is 1. The lowest BCUT2D eigenvalue weighted by Gasteiger charge is -2.11. The van der Waals surface area contributed by atoms with Crippen molar-refractivity contribution in [1.29, 1.82) is 0 Å². The van der Waals surface area contributed by atoms with Crippen LogP contribution in [0.1, 0.15) is 37.8 Å². The van der Waals surface area contributed by atoms with Crippen LogP contribution in [0.25, 0.3) is 0 Å². The SMILES string of the molecule is CCCC[C@@H](N)c1ccc(F)c(F)c1. The van der Waals surface area contributed by atoms with Crippen LogP contribution in [0.2, 0.25) is 0 Å². The number of halogens is 2. The van der Waals surface area contributed by atoms with Crippen LogP contribution >= 0.6 is 0 Å². The largest absolute Gasteiger partial charge is 0.324 e. The predicted molar refractivity (Wildman–Crippen MR) is 52.8 cm³/mol. The molecule has 0 aromatic heterocycles. The fourth-order valence-corrected chi connectivity index (χ4v) is 1.33. The summed E-state index contributed by atoms with van der Waals surface area (Å²) in [5.74, 6) is -1.65. The average Bonchev–Trinajstić information content (AvgIpc) is 2.18. The molecule has 0 unspecified atom stereocenters. The van der Waals surface area contributed by atoms with Gasteiger partial charge in [-0.3, -0.25) is 0 Å². The topological polar surface area (TPSA) is 26.0 Å². The molecule has 0 aliphatic heterocycles. The molecular weight excluding hydrogens is 184 g/mol. The minimum absolute atomic E-state index is 0.190. The molecule has 2 N–H and O–H groups in total. The fraction of sp³-hybridized carbons (Fsp3) is 0.455. The second-order valence-corrected chi connectivity index (χ2v) is 3.42. The molecule has 14 heavy (non-hydrogen) atoms. The Morgan fingerprint density at radius 2 is 2.00 bits per heavy atom. The zero-order valence-corrected chi connectivity index (χ0v) is 8.26. The van der Waals surface area contributed by atoms with E-state index in [1.807, 2.05) is 0 Å². The summed E-state index contributed by atoms with van der Waals surface area (Å²) in [5.41, 5.74) is 6.48. The van der Waals surface area contributed by atoms with E-state index in [9.17, 15) is 8.78 Å². The van der Waals surface area contributed by atoms with E-state index < -0.39 is 11.6 Å². The van der Waals surface area contributed by atoms with Crippen LogP contribution in [0.4, 0.5) is 8.78 Å². The van der Waals surface area contributed by atoms with Gasteiger partial charge in [0, 0.05) is 6.04 Å². The maximum absolute atomic E-state index is 12.8. The van der Waals surface area contributed by atoms with Gasteiger partial charge in [-0.05, 0) is 24.1 Å². The van der Waals surface area contributed by atoms with Gasteiger partial charge in [0.25, 0.3) is 0 Å². The van der Waals surface area contributed by atoms with Crippen LogP contribution < -0.4 is 5.73 Å². The molecule has 0 aliphatic carbocycles. The highest BCUT2D eigenvalue weighted by Gasteiger charge is 2.08. The molecule has 3 heteroatoms. The molecule has 0 saturated heterocycles. The number of hydrogen-bond acceptors (Lipinski definition) is 1. The second kappa shape index (κ2) is 5.05. The molecular formula is C11H15F2N. The van der Waals surface area contributed by atoms with Crippen LogP contribution in [0, 0.1) is 11.6 Å². The van der Waals surface area contributed by atoms with Gasteiger partial charge in [0.15, 0.2) is 11.6 Å². The van der Waals surface area contributed by atoms with Gasteiger partial charge in [-0.15, -0.1) is 0 Å². The summed E-state index contributed by atoms with van der Waals surface area (Å²) in [5, 5.41) is 0. The molecule has 78 valence electrons. The highest BCUT2D eigenvalue weighted by atomic mass is 19.2. The van der Waals surface area contributed by atoms with E-state index in [-0.39, 0.29) is 6.04 Å². The lowest BCUT2D eigenvalue weighted by atomic mass is 10.0. The first kappa shape index (κ1) is 11.1. The van der Waals surface area contributed by atoms with Crippen molar-refractivity contribution in [1.82, 2.24) is 0 Å². The maximum Gasteiger partial charge on any atom is 0.159 e. The summed E-state index contributed by atoms with van der Waals surface area (Å²) in [6, 6.07) is 3.65. The van der Waals surface area contributed by atoms with Gasteiger partial charge < -0.3 is 5.73 Å². The Labute approximate surface area is 82.9 Å². The number of unbranched alkanes of at least 4 members (excludes halogenated alkanes) is 1. The first-order valence-electron chi connectivity index (χ1n) is 4.85. The predicted octanol–water partition coefficient (Wildman–Crippen LogP) is 3.15. The van der Waals surface area contributed by atoms with Crippen molar-refractivity contribution >= 4 is 0 Å². The van der Waals surface area contributed by atoms with E-state index in [0.717, 1.165) is 25.3 Å². The summed E-state index contributed by atoms with van der Waals surface area (Å²) >= 11 is 0. The van der Waals surface area contributed by atoms with Crippen LogP contribution in [0.15, 0.2) is 18.2 Å². The Kier molecular flexibility index (Phi) is 4.01. The highest BCUT2D eigenvalue weighted by Crippen LogP contribution is 2.18. The highest BCUT2D eigenvalue weighted by molar-refractivity contribution is 5.20. The summed E-state index contributed by atoms with van der Waals surface area (Å²) in [6.07, 6.45) is 2.86. The third kappa shape index (κ3) is 2.77. The molecule has 0 heterocycles. The molecule has 1 nitrogen and oxygen atoms in total. The molecule has 0 spiro atoms. The van der Waals surface area contributed by atoms with E-state index in [0.29, 0.717) is 5.56 Å². The molecule has 1 aromatic carbocycles. The van der Waals surface area contributed by atoms with Crippen molar-refractivity contribution in [3.05, 3.63) is 35.4 Å². The smallest absolute Gasteiger partial charge is 0.159 e. The fourth-order valence-electron chi connectivity index (χ4n) is 1.33. The van der Waals surface area contributed by atoms with E-state index in [2.05, 4.69) is 6.92 Å². The van der Waals surface area contributed by atoms with Gasteiger partial charge in [0.2, 0.25) is 0 Å². The zero-order chi connectivity index (χ0) is 10.6. The van der Waals surface area contributed by atoms with Gasteiger partial charge in [0.1, 0.15) is 0 Å². The van der Waals surface area contributed by atoms with Crippen LogP contribution in [0.3, 0.4) is 0 Å². The standard InChI is InChI=1S/C11H15F2N/c1-2-3-4-11(14)8-5-6-9(12)10(13)7-8/h5-7,11H,2-4,14H2,1H3/t11-/m1/s1. The second-order valence-electron chi connectivity index (χ2n) is 3.42. The van der Waals surface area contributed by atoms with Crippen molar-refractivity contribution < 1.29 is 8.78 Å². The molecule has 0 aliphatic rings. The number of nitrogens with two attached hydrogens (primary N) is 1. The van der Waals surface area contributed by atoms with E-state index >= 15 is 0 Å². The maximum atomic E-state index is 12.8. The summed E-state index contributed by atoms with van der Waals surface area (Å²) in [4.78, 5) is 0. The monoisotopic (exact) mass is 199 g/mol. The van der Waals surface area contributed by atoms with Gasteiger partial charge in [0.05, 0.1) is 0 Å². The molecule has 0 fully saturated rings.